The summed E-state index contributed by atoms with van der Waals surface area (Å²) in [5.74, 6) is 0.882. The molecule has 2 saturated heterocycles. The number of thiophene rings is 1. The molecule has 4 nitrogen and oxygen atoms in total. The zero-order valence-electron chi connectivity index (χ0n) is 16.6. The third kappa shape index (κ3) is 5.51. The lowest BCUT2D eigenvalue weighted by molar-refractivity contribution is 0.0600. The zero-order valence-corrected chi connectivity index (χ0v) is 17.4. The fourth-order valence-corrected chi connectivity index (χ4v) is 5.22. The van der Waals surface area contributed by atoms with Gasteiger partial charge in [0.05, 0.1) is 0 Å². The fraction of sp³-hybridized carbons (Fsp3) is 0.800. The third-order valence-electron chi connectivity index (χ3n) is 6.01. The number of hydrogen-bond donors (Lipinski definition) is 0. The monoisotopic (exact) mass is 364 g/mol. The van der Waals surface area contributed by atoms with Gasteiger partial charge in [-0.05, 0) is 76.9 Å². The number of likely N-dealkylation sites (tertiary alicyclic amines) is 1. The van der Waals surface area contributed by atoms with E-state index in [1.54, 1.807) is 0 Å². The number of piperazine rings is 1. The van der Waals surface area contributed by atoms with Gasteiger partial charge < -0.3 is 9.80 Å². The van der Waals surface area contributed by atoms with Crippen molar-refractivity contribution in [3.05, 3.63) is 21.9 Å². The van der Waals surface area contributed by atoms with Gasteiger partial charge >= 0.3 is 0 Å². The van der Waals surface area contributed by atoms with Crippen molar-refractivity contribution in [3.8, 4) is 0 Å². The van der Waals surface area contributed by atoms with Gasteiger partial charge in [-0.2, -0.15) is 0 Å². The largest absolute Gasteiger partial charge is 0.305 e. The molecular formula is C20H36N4S. The molecule has 0 N–H and O–H groups in total. The Kier molecular flexibility index (Phi) is 6.92. The molecule has 142 valence electrons. The summed E-state index contributed by atoms with van der Waals surface area (Å²) in [5.41, 5.74) is 1.46. The summed E-state index contributed by atoms with van der Waals surface area (Å²) in [4.78, 5) is 11.6. The van der Waals surface area contributed by atoms with E-state index in [1.165, 1.54) is 62.6 Å². The van der Waals surface area contributed by atoms with Crippen LogP contribution in [0.3, 0.4) is 0 Å². The predicted molar refractivity (Wildman–Crippen MR) is 108 cm³/mol. The Morgan fingerprint density at radius 2 is 1.80 bits per heavy atom. The molecule has 2 fully saturated rings. The van der Waals surface area contributed by atoms with Crippen molar-refractivity contribution >= 4 is 11.3 Å². The highest BCUT2D eigenvalue weighted by atomic mass is 32.1. The van der Waals surface area contributed by atoms with Gasteiger partial charge in [0.1, 0.15) is 0 Å². The van der Waals surface area contributed by atoms with E-state index in [9.17, 15) is 0 Å². The summed E-state index contributed by atoms with van der Waals surface area (Å²) < 4.78 is 0. The standard InChI is InChI=1S/C20H36N4S/c1-17(24-11-9-22(4)10-12-24)19-5-7-23(8-6-19)15-20-13-18(16-25-20)14-21(2)3/h13,16-17,19H,5-12,14-15H2,1-4H3. The maximum atomic E-state index is 2.73. The Hall–Kier alpha value is -0.460. The van der Waals surface area contributed by atoms with Crippen molar-refractivity contribution in [1.29, 1.82) is 0 Å². The van der Waals surface area contributed by atoms with Gasteiger partial charge in [0.15, 0.2) is 0 Å². The molecule has 0 aliphatic carbocycles. The van der Waals surface area contributed by atoms with E-state index < -0.39 is 0 Å². The van der Waals surface area contributed by atoms with Crippen molar-refractivity contribution in [2.75, 3.05) is 60.4 Å². The summed E-state index contributed by atoms with van der Waals surface area (Å²) in [6.45, 7) is 12.2. The molecule has 0 radical (unpaired) electrons. The minimum atomic E-state index is 0.754. The van der Waals surface area contributed by atoms with Crippen LogP contribution in [0, 0.1) is 5.92 Å². The lowest BCUT2D eigenvalue weighted by atomic mass is 9.89. The van der Waals surface area contributed by atoms with E-state index in [-0.39, 0.29) is 0 Å². The highest BCUT2D eigenvalue weighted by Crippen LogP contribution is 2.27. The molecule has 1 aromatic rings. The van der Waals surface area contributed by atoms with Gasteiger partial charge in [-0.25, -0.2) is 0 Å². The van der Waals surface area contributed by atoms with Gasteiger partial charge in [0, 0.05) is 50.2 Å². The zero-order chi connectivity index (χ0) is 17.8. The van der Waals surface area contributed by atoms with Crippen molar-refractivity contribution in [1.82, 2.24) is 19.6 Å². The molecule has 1 atom stereocenters. The van der Waals surface area contributed by atoms with Crippen LogP contribution < -0.4 is 0 Å². The first-order valence-electron chi connectivity index (χ1n) is 9.87. The van der Waals surface area contributed by atoms with Crippen LogP contribution in [0.4, 0.5) is 0 Å². The maximum Gasteiger partial charge on any atom is 0.0328 e. The smallest absolute Gasteiger partial charge is 0.0328 e. The van der Waals surface area contributed by atoms with Crippen LogP contribution in [0.15, 0.2) is 11.4 Å². The maximum absolute atomic E-state index is 2.73. The summed E-state index contributed by atoms with van der Waals surface area (Å²) in [6.07, 6.45) is 2.73. The lowest BCUT2D eigenvalue weighted by Gasteiger charge is -2.42. The first-order chi connectivity index (χ1) is 12.0. The number of hydrogen-bond acceptors (Lipinski definition) is 5. The minimum absolute atomic E-state index is 0.754. The van der Waals surface area contributed by atoms with Gasteiger partial charge in [-0.15, -0.1) is 11.3 Å². The van der Waals surface area contributed by atoms with Crippen LogP contribution in [-0.4, -0.2) is 86.1 Å². The normalized spacial score (nSPS) is 23.4. The molecule has 0 amide bonds. The van der Waals surface area contributed by atoms with Crippen LogP contribution in [0.25, 0.3) is 0 Å². The lowest BCUT2D eigenvalue weighted by Crippen LogP contribution is -2.51. The van der Waals surface area contributed by atoms with E-state index in [1.807, 2.05) is 11.3 Å². The minimum Gasteiger partial charge on any atom is -0.305 e. The second-order valence-corrected chi connectivity index (χ2v) is 9.35. The average Bonchev–Trinajstić information content (AvgIpc) is 3.02. The molecule has 1 unspecified atom stereocenters. The number of rotatable bonds is 6. The van der Waals surface area contributed by atoms with Crippen molar-refractivity contribution in [2.45, 2.75) is 38.9 Å². The van der Waals surface area contributed by atoms with E-state index in [2.05, 4.69) is 59.1 Å². The first-order valence-corrected chi connectivity index (χ1v) is 10.7. The van der Waals surface area contributed by atoms with Crippen molar-refractivity contribution in [3.63, 3.8) is 0 Å². The Labute approximate surface area is 158 Å². The molecule has 0 bridgehead atoms. The van der Waals surface area contributed by atoms with E-state index >= 15 is 0 Å². The SMILES string of the molecule is CC(C1CCN(Cc2cc(CN(C)C)cs2)CC1)N1CCN(C)CC1. The molecule has 1 aromatic heterocycles. The molecule has 2 aliphatic rings. The fourth-order valence-electron chi connectivity index (χ4n) is 4.30. The van der Waals surface area contributed by atoms with E-state index in [0.29, 0.717) is 0 Å². The second-order valence-electron chi connectivity index (χ2n) is 8.35. The van der Waals surface area contributed by atoms with Crippen LogP contribution in [0.1, 0.15) is 30.2 Å². The van der Waals surface area contributed by atoms with Gasteiger partial charge in [0.25, 0.3) is 0 Å². The van der Waals surface area contributed by atoms with Gasteiger partial charge in [0.2, 0.25) is 0 Å². The van der Waals surface area contributed by atoms with E-state index in [4.69, 9.17) is 0 Å². The molecule has 3 rings (SSSR count). The van der Waals surface area contributed by atoms with Crippen LogP contribution in [-0.2, 0) is 13.1 Å². The van der Waals surface area contributed by atoms with Crippen LogP contribution >= 0.6 is 11.3 Å². The molecule has 5 heteroatoms. The average molecular weight is 365 g/mol. The number of piperidine rings is 1. The second kappa shape index (κ2) is 8.96. The molecule has 0 saturated carbocycles. The molecule has 0 aromatic carbocycles. The highest BCUT2D eigenvalue weighted by Gasteiger charge is 2.29. The topological polar surface area (TPSA) is 13.0 Å². The number of likely N-dealkylation sites (N-methyl/N-ethyl adjacent to an activating group) is 1. The molecule has 3 heterocycles. The quantitative estimate of drug-likeness (QED) is 0.769. The van der Waals surface area contributed by atoms with Gasteiger partial charge in [-0.3, -0.25) is 9.80 Å². The Morgan fingerprint density at radius 1 is 1.12 bits per heavy atom. The summed E-state index contributed by atoms with van der Waals surface area (Å²) >= 11 is 1.93. The Balaban J connectivity index is 1.43. The first kappa shape index (κ1) is 19.3. The molecule has 0 spiro atoms. The molecule has 2 aliphatic heterocycles. The summed E-state index contributed by atoms with van der Waals surface area (Å²) in [5, 5.41) is 2.33. The van der Waals surface area contributed by atoms with Crippen molar-refractivity contribution < 1.29 is 0 Å². The van der Waals surface area contributed by atoms with Crippen molar-refractivity contribution in [2.24, 2.45) is 5.92 Å². The van der Waals surface area contributed by atoms with Crippen LogP contribution in [0.5, 0.6) is 0 Å². The van der Waals surface area contributed by atoms with Gasteiger partial charge in [-0.1, -0.05) is 0 Å². The number of nitrogens with zero attached hydrogens (tertiary/aromatic N) is 4. The predicted octanol–water partition coefficient (Wildman–Crippen LogP) is 2.66. The van der Waals surface area contributed by atoms with Crippen LogP contribution in [0.2, 0.25) is 0 Å². The highest BCUT2D eigenvalue weighted by molar-refractivity contribution is 7.10. The molecule has 25 heavy (non-hydrogen) atoms. The van der Waals surface area contributed by atoms with E-state index in [0.717, 1.165) is 25.0 Å². The Bertz CT molecular complexity index is 514. The summed E-state index contributed by atoms with van der Waals surface area (Å²) in [6, 6.07) is 3.16. The Morgan fingerprint density at radius 3 is 2.44 bits per heavy atom. The third-order valence-corrected chi connectivity index (χ3v) is 6.98. The summed E-state index contributed by atoms with van der Waals surface area (Å²) in [7, 11) is 6.53. The molecular weight excluding hydrogens is 328 g/mol.